The summed E-state index contributed by atoms with van der Waals surface area (Å²) in [5.74, 6) is -1.55. The average Bonchev–Trinajstić information content (AvgIpc) is 2.22. The first kappa shape index (κ1) is 15.7. The maximum atomic E-state index is 13.2. The topological polar surface area (TPSA) is 26.0 Å². The van der Waals surface area contributed by atoms with Crippen molar-refractivity contribution < 1.29 is 30.7 Å². The predicted octanol–water partition coefficient (Wildman–Crippen LogP) is 4.19. The van der Waals surface area contributed by atoms with Gasteiger partial charge in [0, 0.05) is 12.5 Å². The fourth-order valence-corrected chi connectivity index (χ4v) is 1.62. The van der Waals surface area contributed by atoms with E-state index in [9.17, 15) is 30.7 Å². The number of nitrogens with two attached hydrogens (primary N) is 1. The van der Waals surface area contributed by atoms with Gasteiger partial charge in [-0.1, -0.05) is 12.1 Å². The maximum Gasteiger partial charge on any atom is 0.419 e. The molecule has 0 saturated heterocycles. The summed E-state index contributed by atoms with van der Waals surface area (Å²) in [5.41, 5.74) is 3.03. The lowest BCUT2D eigenvalue weighted by molar-refractivity contribution is -0.141. The van der Waals surface area contributed by atoms with E-state index in [-0.39, 0.29) is 0 Å². The second-order valence-corrected chi connectivity index (χ2v) is 3.96. The van der Waals surface area contributed by atoms with Gasteiger partial charge < -0.3 is 5.73 Å². The Balaban J connectivity index is 3.04. The third kappa shape index (κ3) is 4.38. The highest BCUT2D eigenvalue weighted by Crippen LogP contribution is 2.37. The Bertz CT molecular complexity index is 436. The van der Waals surface area contributed by atoms with E-state index in [1.807, 2.05) is 0 Å². The summed E-state index contributed by atoms with van der Waals surface area (Å²) in [4.78, 5) is 0. The largest absolute Gasteiger partial charge is 0.419 e. The quantitative estimate of drug-likeness (QED) is 0.830. The fraction of sp³-hybridized carbons (Fsp3) is 0.455. The van der Waals surface area contributed by atoms with Crippen molar-refractivity contribution in [1.29, 1.82) is 0 Å². The zero-order valence-electron chi connectivity index (χ0n) is 9.45. The molecular formula is C11H10F7N. The third-order valence-corrected chi connectivity index (χ3v) is 2.47. The molecule has 1 aromatic carbocycles. The zero-order valence-corrected chi connectivity index (χ0v) is 9.45. The number of alkyl halides is 6. The Kier molecular flexibility index (Phi) is 4.44. The minimum atomic E-state index is -5.00. The smallest absolute Gasteiger partial charge is 0.324 e. The first-order valence-electron chi connectivity index (χ1n) is 5.20. The van der Waals surface area contributed by atoms with Gasteiger partial charge in [0.25, 0.3) is 0 Å². The normalized spacial score (nSPS) is 14.5. The van der Waals surface area contributed by atoms with Crippen molar-refractivity contribution in [3.63, 3.8) is 0 Å². The van der Waals surface area contributed by atoms with Crippen LogP contribution in [0.2, 0.25) is 0 Å². The second-order valence-electron chi connectivity index (χ2n) is 3.96. The highest BCUT2D eigenvalue weighted by molar-refractivity contribution is 5.33. The Hall–Kier alpha value is -1.31. The number of hydrogen-bond acceptors (Lipinski definition) is 1. The van der Waals surface area contributed by atoms with Crippen molar-refractivity contribution in [3.8, 4) is 0 Å². The molecule has 1 rings (SSSR count). The molecule has 0 bridgehead atoms. The van der Waals surface area contributed by atoms with Gasteiger partial charge in [-0.2, -0.15) is 26.3 Å². The van der Waals surface area contributed by atoms with Gasteiger partial charge in [0.1, 0.15) is 5.82 Å². The van der Waals surface area contributed by atoms with E-state index in [4.69, 9.17) is 5.73 Å². The van der Waals surface area contributed by atoms with E-state index in [1.165, 1.54) is 0 Å². The molecule has 0 unspecified atom stereocenters. The van der Waals surface area contributed by atoms with Crippen LogP contribution in [0.4, 0.5) is 30.7 Å². The van der Waals surface area contributed by atoms with Crippen LogP contribution in [0, 0.1) is 5.82 Å². The summed E-state index contributed by atoms with van der Waals surface area (Å²) in [6.45, 7) is 0. The van der Waals surface area contributed by atoms with E-state index in [0.717, 1.165) is 12.1 Å². The molecule has 1 aromatic rings. The summed E-state index contributed by atoms with van der Waals surface area (Å²) in [7, 11) is 0. The summed E-state index contributed by atoms with van der Waals surface area (Å²) in [6, 6.07) is 0.914. The first-order chi connectivity index (χ1) is 8.52. The lowest BCUT2D eigenvalue weighted by Crippen LogP contribution is -2.21. The van der Waals surface area contributed by atoms with Crippen molar-refractivity contribution in [2.24, 2.45) is 5.73 Å². The molecule has 0 aliphatic carbocycles. The number of hydrogen-bond donors (Lipinski definition) is 1. The van der Waals surface area contributed by atoms with Crippen molar-refractivity contribution in [2.75, 3.05) is 0 Å². The minimum Gasteiger partial charge on any atom is -0.324 e. The number of halogens is 7. The van der Waals surface area contributed by atoms with Gasteiger partial charge in [-0.3, -0.25) is 0 Å². The van der Waals surface area contributed by atoms with Crippen molar-refractivity contribution in [1.82, 2.24) is 0 Å². The molecule has 0 aliphatic heterocycles. The lowest BCUT2D eigenvalue weighted by atomic mass is 9.96. The molecule has 0 heterocycles. The number of benzene rings is 1. The van der Waals surface area contributed by atoms with Crippen LogP contribution in [0.5, 0.6) is 0 Å². The number of rotatable bonds is 3. The second kappa shape index (κ2) is 5.36. The van der Waals surface area contributed by atoms with E-state index in [0.29, 0.717) is 6.07 Å². The van der Waals surface area contributed by atoms with Crippen molar-refractivity contribution >= 4 is 0 Å². The molecule has 1 nitrogen and oxygen atoms in total. The van der Waals surface area contributed by atoms with Gasteiger partial charge >= 0.3 is 12.4 Å². The van der Waals surface area contributed by atoms with E-state index >= 15 is 0 Å². The molecule has 0 aromatic heterocycles. The van der Waals surface area contributed by atoms with Crippen molar-refractivity contribution in [3.05, 3.63) is 35.1 Å². The lowest BCUT2D eigenvalue weighted by Gasteiger charge is -2.19. The SMILES string of the molecule is N[C@H](CCC(F)(F)F)c1cccc(F)c1C(F)(F)F. The molecule has 2 N–H and O–H groups in total. The molecule has 0 saturated carbocycles. The molecular weight excluding hydrogens is 279 g/mol. The fourth-order valence-electron chi connectivity index (χ4n) is 1.62. The van der Waals surface area contributed by atoms with Crippen LogP contribution in [0.15, 0.2) is 18.2 Å². The van der Waals surface area contributed by atoms with Crippen LogP contribution in [0.25, 0.3) is 0 Å². The molecule has 0 spiro atoms. The highest BCUT2D eigenvalue weighted by Gasteiger charge is 2.38. The summed E-state index contributed by atoms with van der Waals surface area (Å²) in [5, 5.41) is 0. The molecule has 0 aliphatic rings. The van der Waals surface area contributed by atoms with Gasteiger partial charge in [-0.15, -0.1) is 0 Å². The summed E-state index contributed by atoms with van der Waals surface area (Å²) < 4.78 is 87.0. The van der Waals surface area contributed by atoms with Gasteiger partial charge in [0.05, 0.1) is 5.56 Å². The Morgan fingerprint density at radius 1 is 1.05 bits per heavy atom. The maximum absolute atomic E-state index is 13.2. The summed E-state index contributed by atoms with van der Waals surface area (Å²) in [6.07, 6.45) is -11.6. The zero-order chi connectivity index (χ0) is 14.8. The molecule has 0 fully saturated rings. The van der Waals surface area contributed by atoms with E-state index in [1.54, 1.807) is 0 Å². The molecule has 1 atom stereocenters. The Morgan fingerprint density at radius 2 is 1.63 bits per heavy atom. The van der Waals surface area contributed by atoms with Gasteiger partial charge in [0.2, 0.25) is 0 Å². The van der Waals surface area contributed by atoms with Crippen LogP contribution in [0.1, 0.15) is 30.0 Å². The molecule has 8 heteroatoms. The molecule has 108 valence electrons. The van der Waals surface area contributed by atoms with Gasteiger partial charge in [0.15, 0.2) is 0 Å². The van der Waals surface area contributed by atoms with Crippen LogP contribution in [0.3, 0.4) is 0 Å². The van der Waals surface area contributed by atoms with Crippen LogP contribution < -0.4 is 5.73 Å². The molecule has 0 amide bonds. The first-order valence-corrected chi connectivity index (χ1v) is 5.20. The molecule has 0 radical (unpaired) electrons. The standard InChI is InChI=1S/C11H10F7N/c12-7-3-1-2-6(9(7)11(16,17)18)8(19)4-5-10(13,14)15/h1-3,8H,4-5,19H2/t8-/m1/s1. The van der Waals surface area contributed by atoms with Gasteiger partial charge in [-0.25, -0.2) is 4.39 Å². The molecule has 19 heavy (non-hydrogen) atoms. The highest BCUT2D eigenvalue weighted by atomic mass is 19.4. The predicted molar refractivity (Wildman–Crippen MR) is 53.6 cm³/mol. The van der Waals surface area contributed by atoms with Gasteiger partial charge in [-0.05, 0) is 18.1 Å². The van der Waals surface area contributed by atoms with E-state index in [2.05, 4.69) is 0 Å². The average molecular weight is 289 g/mol. The third-order valence-electron chi connectivity index (χ3n) is 2.47. The van der Waals surface area contributed by atoms with Crippen LogP contribution >= 0.6 is 0 Å². The van der Waals surface area contributed by atoms with Crippen LogP contribution in [-0.4, -0.2) is 6.18 Å². The monoisotopic (exact) mass is 289 g/mol. The minimum absolute atomic E-state index is 0.586. The van der Waals surface area contributed by atoms with E-state index < -0.39 is 48.2 Å². The summed E-state index contributed by atoms with van der Waals surface area (Å²) >= 11 is 0. The Morgan fingerprint density at radius 3 is 2.11 bits per heavy atom. The van der Waals surface area contributed by atoms with Crippen molar-refractivity contribution in [2.45, 2.75) is 31.2 Å². The Labute approximate surface area is 104 Å². The van der Waals surface area contributed by atoms with Crippen LogP contribution in [-0.2, 0) is 6.18 Å².